The van der Waals surface area contributed by atoms with E-state index in [0.717, 1.165) is 38.0 Å². The first kappa shape index (κ1) is 20.3. The molecule has 0 spiro atoms. The third-order valence-corrected chi connectivity index (χ3v) is 7.96. The number of esters is 1. The zero-order chi connectivity index (χ0) is 20.4. The van der Waals surface area contributed by atoms with Crippen LogP contribution in [0.2, 0.25) is 0 Å². The average Bonchev–Trinajstić information content (AvgIpc) is 3.26. The molecular weight excluding hydrogens is 426 g/mol. The monoisotopic (exact) mass is 447 g/mol. The fourth-order valence-corrected chi connectivity index (χ4v) is 6.30. The molecule has 3 heterocycles. The van der Waals surface area contributed by atoms with Crippen LogP contribution in [0.3, 0.4) is 0 Å². The first-order valence-electron chi connectivity index (χ1n) is 9.33. The summed E-state index contributed by atoms with van der Waals surface area (Å²) in [5, 5.41) is 3.54. The molecule has 0 radical (unpaired) electrons. The SMILES string of the molecule is CCOC(=O)c1c(NC(=O)CSc2nc3ccccc3s2)sc2c1CN(C)CC2. The van der Waals surface area contributed by atoms with Crippen LogP contribution in [0.5, 0.6) is 0 Å². The number of hydrogen-bond acceptors (Lipinski definition) is 8. The first-order valence-corrected chi connectivity index (χ1v) is 12.0. The Morgan fingerprint density at radius 1 is 1.31 bits per heavy atom. The zero-order valence-corrected chi connectivity index (χ0v) is 18.6. The van der Waals surface area contributed by atoms with Gasteiger partial charge in [0.15, 0.2) is 4.34 Å². The van der Waals surface area contributed by atoms with Gasteiger partial charge in [0.1, 0.15) is 5.00 Å². The second-order valence-corrected chi connectivity index (χ2v) is 10.1. The van der Waals surface area contributed by atoms with Crippen LogP contribution in [-0.2, 0) is 22.5 Å². The number of ether oxygens (including phenoxy) is 1. The number of carbonyl (C=O) groups excluding carboxylic acids is 2. The molecule has 0 saturated heterocycles. The molecule has 152 valence electrons. The number of thiazole rings is 1. The topological polar surface area (TPSA) is 71.5 Å². The lowest BCUT2D eigenvalue weighted by atomic mass is 10.0. The Hall–Kier alpha value is -1.94. The number of benzene rings is 1. The van der Waals surface area contributed by atoms with E-state index in [9.17, 15) is 9.59 Å². The number of amides is 1. The molecule has 0 aliphatic carbocycles. The molecule has 4 rings (SSSR count). The molecule has 9 heteroatoms. The highest BCUT2D eigenvalue weighted by Crippen LogP contribution is 2.37. The molecule has 1 amide bonds. The highest BCUT2D eigenvalue weighted by atomic mass is 32.2. The van der Waals surface area contributed by atoms with Crippen LogP contribution in [-0.4, -0.2) is 47.7 Å². The fourth-order valence-electron chi connectivity index (χ4n) is 3.23. The molecule has 29 heavy (non-hydrogen) atoms. The summed E-state index contributed by atoms with van der Waals surface area (Å²) in [5.74, 6) is -0.272. The maximum Gasteiger partial charge on any atom is 0.341 e. The van der Waals surface area contributed by atoms with Crippen molar-refractivity contribution in [2.75, 3.05) is 31.3 Å². The summed E-state index contributed by atoms with van der Waals surface area (Å²) < 4.78 is 7.22. The number of nitrogens with one attached hydrogen (secondary N) is 1. The zero-order valence-electron chi connectivity index (χ0n) is 16.2. The maximum absolute atomic E-state index is 12.6. The second-order valence-electron chi connectivity index (χ2n) is 6.70. The average molecular weight is 448 g/mol. The first-order chi connectivity index (χ1) is 14.0. The van der Waals surface area contributed by atoms with Gasteiger partial charge in [0, 0.05) is 18.0 Å². The molecule has 3 aromatic rings. The Morgan fingerprint density at radius 3 is 2.93 bits per heavy atom. The van der Waals surface area contributed by atoms with E-state index in [1.165, 1.54) is 23.1 Å². The van der Waals surface area contributed by atoms with Gasteiger partial charge in [-0.15, -0.1) is 22.7 Å². The molecule has 0 fully saturated rings. The van der Waals surface area contributed by atoms with Crippen molar-refractivity contribution in [3.05, 3.63) is 40.3 Å². The second kappa shape index (κ2) is 8.83. The molecule has 0 atom stereocenters. The lowest BCUT2D eigenvalue weighted by Gasteiger charge is -2.22. The van der Waals surface area contributed by atoms with Crippen LogP contribution < -0.4 is 5.32 Å². The molecule has 1 aliphatic rings. The number of hydrogen-bond donors (Lipinski definition) is 1. The normalized spacial score (nSPS) is 14.0. The van der Waals surface area contributed by atoms with Crippen molar-refractivity contribution >= 4 is 61.5 Å². The number of carbonyl (C=O) groups is 2. The minimum Gasteiger partial charge on any atom is -0.462 e. The number of para-hydroxylation sites is 1. The van der Waals surface area contributed by atoms with Crippen molar-refractivity contribution in [3.63, 3.8) is 0 Å². The van der Waals surface area contributed by atoms with E-state index < -0.39 is 0 Å². The standard InChI is InChI=1S/C20H21N3O3S3/c1-3-26-19(25)17-12-10-23(2)9-8-14(12)28-18(17)22-16(24)11-27-20-21-13-6-4-5-7-15(13)29-20/h4-7H,3,8-11H2,1-2H3,(H,22,24). The van der Waals surface area contributed by atoms with Crippen LogP contribution in [0.25, 0.3) is 10.2 Å². The summed E-state index contributed by atoms with van der Waals surface area (Å²) in [4.78, 5) is 33.0. The van der Waals surface area contributed by atoms with Gasteiger partial charge in [-0.2, -0.15) is 0 Å². The minimum absolute atomic E-state index is 0.147. The Balaban J connectivity index is 1.49. The molecule has 0 unspecified atom stereocenters. The van der Waals surface area contributed by atoms with E-state index in [-0.39, 0.29) is 17.6 Å². The van der Waals surface area contributed by atoms with Crippen LogP contribution in [0.15, 0.2) is 28.6 Å². The molecule has 2 aromatic heterocycles. The molecule has 0 bridgehead atoms. The van der Waals surface area contributed by atoms with Crippen molar-refractivity contribution in [3.8, 4) is 0 Å². The Morgan fingerprint density at radius 2 is 2.14 bits per heavy atom. The molecule has 1 aliphatic heterocycles. The number of thioether (sulfide) groups is 1. The van der Waals surface area contributed by atoms with E-state index in [4.69, 9.17) is 4.74 Å². The predicted molar refractivity (Wildman–Crippen MR) is 119 cm³/mol. The summed E-state index contributed by atoms with van der Waals surface area (Å²) in [7, 11) is 2.03. The Labute approximate surface area is 181 Å². The van der Waals surface area contributed by atoms with Gasteiger partial charge in [-0.1, -0.05) is 23.9 Å². The summed E-state index contributed by atoms with van der Waals surface area (Å²) in [6, 6.07) is 7.93. The van der Waals surface area contributed by atoms with Crippen molar-refractivity contribution in [1.29, 1.82) is 0 Å². The van der Waals surface area contributed by atoms with E-state index in [1.807, 2.05) is 31.3 Å². The van der Waals surface area contributed by atoms with Gasteiger partial charge in [0.2, 0.25) is 5.91 Å². The highest BCUT2D eigenvalue weighted by molar-refractivity contribution is 8.01. The van der Waals surface area contributed by atoms with Crippen molar-refractivity contribution in [1.82, 2.24) is 9.88 Å². The van der Waals surface area contributed by atoms with Crippen molar-refractivity contribution in [2.24, 2.45) is 0 Å². The Bertz CT molecular complexity index is 1030. The molecule has 1 aromatic carbocycles. The number of aromatic nitrogens is 1. The summed E-state index contributed by atoms with van der Waals surface area (Å²) in [6.07, 6.45) is 0.874. The van der Waals surface area contributed by atoms with Gasteiger partial charge < -0.3 is 15.0 Å². The van der Waals surface area contributed by atoms with Crippen LogP contribution in [0.1, 0.15) is 27.7 Å². The quantitative estimate of drug-likeness (QED) is 0.450. The number of likely N-dealkylation sites (N-methyl/N-ethyl adjacent to an activating group) is 1. The van der Waals surface area contributed by atoms with Crippen molar-refractivity contribution in [2.45, 2.75) is 24.2 Å². The Kier molecular flexibility index (Phi) is 6.19. The van der Waals surface area contributed by atoms with Gasteiger partial charge in [-0.05, 0) is 38.1 Å². The van der Waals surface area contributed by atoms with Crippen LogP contribution in [0.4, 0.5) is 5.00 Å². The number of rotatable bonds is 6. The lowest BCUT2D eigenvalue weighted by Crippen LogP contribution is -2.27. The van der Waals surface area contributed by atoms with Crippen LogP contribution >= 0.6 is 34.4 Å². The van der Waals surface area contributed by atoms with E-state index in [0.29, 0.717) is 23.7 Å². The molecule has 1 N–H and O–H groups in total. The number of fused-ring (bicyclic) bond motifs is 2. The smallest absolute Gasteiger partial charge is 0.341 e. The van der Waals surface area contributed by atoms with E-state index >= 15 is 0 Å². The van der Waals surface area contributed by atoms with Crippen LogP contribution in [0, 0.1) is 0 Å². The van der Waals surface area contributed by atoms with E-state index in [1.54, 1.807) is 18.3 Å². The number of nitrogens with zero attached hydrogens (tertiary/aromatic N) is 2. The summed E-state index contributed by atoms with van der Waals surface area (Å²) >= 11 is 4.48. The summed E-state index contributed by atoms with van der Waals surface area (Å²) in [5.41, 5.74) is 2.44. The van der Waals surface area contributed by atoms with Gasteiger partial charge in [-0.25, -0.2) is 9.78 Å². The molecule has 6 nitrogen and oxygen atoms in total. The van der Waals surface area contributed by atoms with Gasteiger partial charge in [0.25, 0.3) is 0 Å². The fraction of sp³-hybridized carbons (Fsp3) is 0.350. The van der Waals surface area contributed by atoms with Gasteiger partial charge >= 0.3 is 5.97 Å². The maximum atomic E-state index is 12.6. The molecular formula is C20H21N3O3S3. The number of thiophene rings is 1. The van der Waals surface area contributed by atoms with Gasteiger partial charge in [0.05, 0.1) is 28.1 Å². The van der Waals surface area contributed by atoms with Crippen molar-refractivity contribution < 1.29 is 14.3 Å². The predicted octanol–water partition coefficient (Wildman–Crippen LogP) is 4.25. The number of anilines is 1. The summed E-state index contributed by atoms with van der Waals surface area (Å²) in [6.45, 7) is 3.73. The lowest BCUT2D eigenvalue weighted by molar-refractivity contribution is -0.113. The van der Waals surface area contributed by atoms with Gasteiger partial charge in [-0.3, -0.25) is 4.79 Å². The third kappa shape index (κ3) is 4.48. The van der Waals surface area contributed by atoms with E-state index in [2.05, 4.69) is 15.2 Å². The largest absolute Gasteiger partial charge is 0.462 e. The molecule has 0 saturated carbocycles. The third-order valence-electron chi connectivity index (χ3n) is 4.57. The highest BCUT2D eigenvalue weighted by Gasteiger charge is 2.28. The minimum atomic E-state index is -0.366.